The van der Waals surface area contributed by atoms with E-state index >= 15 is 0 Å². The lowest BCUT2D eigenvalue weighted by atomic mass is 10.1. The zero-order valence-electron chi connectivity index (χ0n) is 17.6. The first-order valence-corrected chi connectivity index (χ1v) is 11.0. The Bertz CT molecular complexity index is 1230. The molecule has 4 rings (SSSR count). The number of aliphatic imine (C=N–C) groups is 1. The predicted octanol–water partition coefficient (Wildman–Crippen LogP) is 6.18. The van der Waals surface area contributed by atoms with Crippen molar-refractivity contribution in [1.29, 1.82) is 0 Å². The molecule has 2 aromatic carbocycles. The molecular weight excluding hydrogens is 426 g/mol. The van der Waals surface area contributed by atoms with Crippen molar-refractivity contribution < 1.29 is 14.1 Å². The molecular formula is C24H21N3O4S. The van der Waals surface area contributed by atoms with E-state index < -0.39 is 4.92 Å². The van der Waals surface area contributed by atoms with Crippen molar-refractivity contribution in [3.63, 3.8) is 0 Å². The Balaban J connectivity index is 1.61. The number of carbonyl (C=O) groups excluding carboxylic acids is 1. The summed E-state index contributed by atoms with van der Waals surface area (Å²) in [6, 6.07) is 17.6. The predicted molar refractivity (Wildman–Crippen MR) is 127 cm³/mol. The van der Waals surface area contributed by atoms with Gasteiger partial charge in [-0.3, -0.25) is 19.8 Å². The first-order chi connectivity index (χ1) is 15.4. The highest BCUT2D eigenvalue weighted by atomic mass is 32.2. The smallest absolute Gasteiger partial charge is 0.270 e. The zero-order valence-corrected chi connectivity index (χ0v) is 18.5. The second kappa shape index (κ2) is 9.23. The quantitative estimate of drug-likeness (QED) is 0.256. The van der Waals surface area contributed by atoms with E-state index in [9.17, 15) is 14.9 Å². The van der Waals surface area contributed by atoms with E-state index in [0.29, 0.717) is 33.7 Å². The van der Waals surface area contributed by atoms with Crippen molar-refractivity contribution in [1.82, 2.24) is 4.90 Å². The molecule has 1 aliphatic heterocycles. The van der Waals surface area contributed by atoms with Crippen LogP contribution in [0.5, 0.6) is 0 Å². The Morgan fingerprint density at radius 2 is 1.94 bits per heavy atom. The summed E-state index contributed by atoms with van der Waals surface area (Å²) in [6.07, 6.45) is 2.50. The molecule has 0 spiro atoms. The molecule has 8 heteroatoms. The van der Waals surface area contributed by atoms with Gasteiger partial charge in [-0.05, 0) is 49.4 Å². The van der Waals surface area contributed by atoms with Gasteiger partial charge in [0.25, 0.3) is 11.6 Å². The van der Waals surface area contributed by atoms with Crippen molar-refractivity contribution in [3.8, 4) is 11.3 Å². The standard InChI is InChI=1S/C24H21N3O4S/c1-3-13-26-23(28)22(32-24(26)25-18-9-7-16(2)8-10-18)15-20-11-12-21(31-20)17-5-4-6-19(14-17)27(29)30/h4-12,14-15H,3,13H2,1-2H3/b22-15+,25-24?. The second-order valence-electron chi connectivity index (χ2n) is 7.31. The molecule has 1 fully saturated rings. The number of amides is 1. The van der Waals surface area contributed by atoms with Gasteiger partial charge >= 0.3 is 0 Å². The van der Waals surface area contributed by atoms with Gasteiger partial charge in [-0.2, -0.15) is 0 Å². The van der Waals surface area contributed by atoms with Crippen LogP contribution in [0.15, 0.2) is 75.0 Å². The van der Waals surface area contributed by atoms with E-state index in [4.69, 9.17) is 4.42 Å². The number of carbonyl (C=O) groups is 1. The summed E-state index contributed by atoms with van der Waals surface area (Å²) in [4.78, 5) is 30.4. The normalized spacial score (nSPS) is 16.3. The number of nitro benzene ring substituents is 1. The van der Waals surface area contributed by atoms with E-state index in [1.54, 1.807) is 35.2 Å². The van der Waals surface area contributed by atoms with Crippen molar-refractivity contribution in [2.75, 3.05) is 6.54 Å². The minimum Gasteiger partial charge on any atom is -0.457 e. The molecule has 1 saturated heterocycles. The first kappa shape index (κ1) is 21.6. The van der Waals surface area contributed by atoms with Crippen molar-refractivity contribution in [2.45, 2.75) is 20.3 Å². The van der Waals surface area contributed by atoms with Crippen LogP contribution >= 0.6 is 11.8 Å². The number of hydrogen-bond donors (Lipinski definition) is 0. The van der Waals surface area contributed by atoms with Gasteiger partial charge < -0.3 is 4.42 Å². The third-order valence-electron chi connectivity index (χ3n) is 4.84. The van der Waals surface area contributed by atoms with Crippen molar-refractivity contribution >= 4 is 40.3 Å². The fraction of sp³-hybridized carbons (Fsp3) is 0.167. The van der Waals surface area contributed by atoms with Gasteiger partial charge in [0, 0.05) is 30.3 Å². The summed E-state index contributed by atoms with van der Waals surface area (Å²) in [7, 11) is 0. The number of thioether (sulfide) groups is 1. The van der Waals surface area contributed by atoms with Crippen LogP contribution in [0.3, 0.4) is 0 Å². The minimum absolute atomic E-state index is 0.00695. The van der Waals surface area contributed by atoms with Gasteiger partial charge in [-0.25, -0.2) is 4.99 Å². The molecule has 7 nitrogen and oxygen atoms in total. The van der Waals surface area contributed by atoms with E-state index in [1.807, 2.05) is 38.1 Å². The number of amidine groups is 1. The average Bonchev–Trinajstić information content (AvgIpc) is 3.36. The Morgan fingerprint density at radius 3 is 2.66 bits per heavy atom. The number of hydrogen-bond acceptors (Lipinski definition) is 6. The Labute approximate surface area is 189 Å². The molecule has 1 aromatic heterocycles. The first-order valence-electron chi connectivity index (χ1n) is 10.2. The van der Waals surface area contributed by atoms with Gasteiger partial charge in [0.2, 0.25) is 0 Å². The summed E-state index contributed by atoms with van der Waals surface area (Å²) in [6.45, 7) is 4.60. The molecule has 0 N–H and O–H groups in total. The maximum atomic E-state index is 13.0. The summed E-state index contributed by atoms with van der Waals surface area (Å²) < 4.78 is 5.85. The SMILES string of the molecule is CCCN1C(=O)/C(=C\c2ccc(-c3cccc([N+](=O)[O-])c3)o2)SC1=Nc1ccc(C)cc1. The Morgan fingerprint density at radius 1 is 1.16 bits per heavy atom. The van der Waals surface area contributed by atoms with Crippen LogP contribution in [0.1, 0.15) is 24.7 Å². The summed E-state index contributed by atoms with van der Waals surface area (Å²) >= 11 is 1.31. The van der Waals surface area contributed by atoms with Crippen LogP contribution < -0.4 is 0 Å². The molecule has 0 bridgehead atoms. The highest BCUT2D eigenvalue weighted by molar-refractivity contribution is 8.18. The lowest BCUT2D eigenvalue weighted by Crippen LogP contribution is -2.29. The molecule has 32 heavy (non-hydrogen) atoms. The molecule has 1 amide bonds. The van der Waals surface area contributed by atoms with Gasteiger partial charge in [0.15, 0.2) is 5.17 Å². The van der Waals surface area contributed by atoms with E-state index in [-0.39, 0.29) is 11.6 Å². The lowest BCUT2D eigenvalue weighted by molar-refractivity contribution is -0.384. The van der Waals surface area contributed by atoms with Crippen LogP contribution in [-0.4, -0.2) is 27.4 Å². The second-order valence-corrected chi connectivity index (χ2v) is 8.32. The number of nitro groups is 1. The number of aryl methyl sites for hydroxylation is 1. The largest absolute Gasteiger partial charge is 0.457 e. The number of rotatable bonds is 6. The van der Waals surface area contributed by atoms with Gasteiger partial charge in [0.1, 0.15) is 11.5 Å². The molecule has 162 valence electrons. The maximum Gasteiger partial charge on any atom is 0.270 e. The molecule has 2 heterocycles. The van der Waals surface area contributed by atoms with Crippen molar-refractivity contribution in [3.05, 3.63) is 87.0 Å². The van der Waals surface area contributed by atoms with Crippen LogP contribution in [-0.2, 0) is 4.79 Å². The summed E-state index contributed by atoms with van der Waals surface area (Å²) in [5, 5.41) is 11.7. The third-order valence-corrected chi connectivity index (χ3v) is 5.84. The lowest BCUT2D eigenvalue weighted by Gasteiger charge is -2.13. The highest BCUT2D eigenvalue weighted by Gasteiger charge is 2.33. The molecule has 3 aromatic rings. The van der Waals surface area contributed by atoms with Crippen molar-refractivity contribution in [2.24, 2.45) is 4.99 Å². The highest BCUT2D eigenvalue weighted by Crippen LogP contribution is 2.35. The summed E-state index contributed by atoms with van der Waals surface area (Å²) in [5.41, 5.74) is 2.53. The Hall–Kier alpha value is -3.65. The van der Waals surface area contributed by atoms with E-state index in [0.717, 1.165) is 17.7 Å². The molecule has 0 unspecified atom stereocenters. The Kier molecular flexibility index (Phi) is 6.23. The van der Waals surface area contributed by atoms with Crippen LogP contribution in [0.2, 0.25) is 0 Å². The molecule has 0 radical (unpaired) electrons. The molecule has 0 aliphatic carbocycles. The fourth-order valence-electron chi connectivity index (χ4n) is 3.23. The molecule has 1 aliphatic rings. The van der Waals surface area contributed by atoms with Crippen LogP contribution in [0, 0.1) is 17.0 Å². The topological polar surface area (TPSA) is 89.0 Å². The number of nitrogens with zero attached hydrogens (tertiary/aromatic N) is 3. The summed E-state index contributed by atoms with van der Waals surface area (Å²) in [5.74, 6) is 0.876. The molecule has 0 saturated carbocycles. The third kappa shape index (κ3) is 4.65. The number of benzene rings is 2. The van der Waals surface area contributed by atoms with Crippen LogP contribution in [0.25, 0.3) is 17.4 Å². The minimum atomic E-state index is -0.444. The molecule has 0 atom stereocenters. The fourth-order valence-corrected chi connectivity index (χ4v) is 4.23. The van der Waals surface area contributed by atoms with E-state index in [1.165, 1.54) is 23.9 Å². The van der Waals surface area contributed by atoms with Crippen LogP contribution in [0.4, 0.5) is 11.4 Å². The van der Waals surface area contributed by atoms with Gasteiger partial charge in [0.05, 0.1) is 15.5 Å². The average molecular weight is 448 g/mol. The van der Waals surface area contributed by atoms with E-state index in [2.05, 4.69) is 4.99 Å². The van der Waals surface area contributed by atoms with Gasteiger partial charge in [-0.15, -0.1) is 0 Å². The number of furan rings is 1. The maximum absolute atomic E-state index is 13.0. The number of non-ortho nitro benzene ring substituents is 1. The zero-order chi connectivity index (χ0) is 22.7. The monoisotopic (exact) mass is 447 g/mol. The van der Waals surface area contributed by atoms with Gasteiger partial charge in [-0.1, -0.05) is 36.8 Å².